The summed E-state index contributed by atoms with van der Waals surface area (Å²) < 4.78 is 34.6. The van der Waals surface area contributed by atoms with Crippen LogP contribution >= 0.6 is 0 Å². The van der Waals surface area contributed by atoms with Crippen LogP contribution in [0, 0.1) is 0 Å². The summed E-state index contributed by atoms with van der Waals surface area (Å²) in [5.74, 6) is 0. The third-order valence-corrected chi connectivity index (χ3v) is 19.6. The van der Waals surface area contributed by atoms with E-state index in [-0.39, 0.29) is 0 Å². The Morgan fingerprint density at radius 3 is 0.730 bits per heavy atom. The van der Waals surface area contributed by atoms with Crippen LogP contribution in [0.2, 0.25) is 19.6 Å². The van der Waals surface area contributed by atoms with Crippen molar-refractivity contribution < 1.29 is 26.6 Å². The van der Waals surface area contributed by atoms with Crippen LogP contribution in [0.4, 0.5) is 0 Å². The lowest BCUT2D eigenvalue weighted by Crippen LogP contribution is -2.55. The normalized spacial score (nSPS) is 12.8. The van der Waals surface area contributed by atoms with Crippen molar-refractivity contribution in [3.8, 4) is 0 Å². The van der Waals surface area contributed by atoms with Crippen molar-refractivity contribution in [2.45, 2.75) is 19.6 Å². The van der Waals surface area contributed by atoms with Gasteiger partial charge in [0.1, 0.15) is 8.80 Å². The lowest BCUT2D eigenvalue weighted by molar-refractivity contribution is 0.265. The summed E-state index contributed by atoms with van der Waals surface area (Å²) in [7, 11) is 1.36. The minimum atomic E-state index is -2.39. The van der Waals surface area contributed by atoms with Gasteiger partial charge in [0.2, 0.25) is 0 Å². The maximum atomic E-state index is 5.76. The maximum absolute atomic E-state index is 5.76. The molecule has 3 aromatic carbocycles. The average Bonchev–Trinajstić information content (AvgIpc) is 2.97. The van der Waals surface area contributed by atoms with Crippen molar-refractivity contribution in [1.82, 2.24) is 0 Å². The van der Waals surface area contributed by atoms with Crippen LogP contribution < -0.4 is 31.1 Å². The molecule has 0 radical (unpaired) electrons. The van der Waals surface area contributed by atoms with Gasteiger partial charge in [0.05, 0.1) is 0 Å². The molecule has 0 spiro atoms. The number of benzene rings is 3. The maximum Gasteiger partial charge on any atom is 0.368 e. The predicted molar refractivity (Wildman–Crippen MR) is 161 cm³/mol. The molecule has 0 fully saturated rings. The largest absolute Gasteiger partial charge is 0.394 e. The van der Waals surface area contributed by atoms with Gasteiger partial charge in [-0.05, 0) is 35.2 Å². The van der Waals surface area contributed by atoms with Gasteiger partial charge < -0.3 is 26.6 Å². The van der Waals surface area contributed by atoms with Crippen molar-refractivity contribution in [3.05, 3.63) is 72.8 Å². The second-order valence-electron chi connectivity index (χ2n) is 9.36. The molecule has 0 aliphatic rings. The van der Waals surface area contributed by atoms with E-state index in [1.807, 2.05) is 0 Å². The molecule has 10 heteroatoms. The first kappa shape index (κ1) is 29.8. The van der Waals surface area contributed by atoms with Crippen molar-refractivity contribution >= 4 is 65.6 Å². The van der Waals surface area contributed by atoms with Crippen molar-refractivity contribution in [1.29, 1.82) is 0 Å². The molecular weight excluding hydrogens is 533 g/mol. The SMILES string of the molecule is CO[Si](C)(OC)c1ccc([SiH](c2ccc([Si](C)(OC)OC)cc2)c2ccc([Si](C)(OC)OC)cc2)cc1. The highest BCUT2D eigenvalue weighted by molar-refractivity contribution is 6.95. The van der Waals surface area contributed by atoms with Crippen LogP contribution in [0.15, 0.2) is 72.8 Å². The first-order chi connectivity index (χ1) is 17.6. The van der Waals surface area contributed by atoms with Gasteiger partial charge in [-0.2, -0.15) is 0 Å². The van der Waals surface area contributed by atoms with E-state index in [0.29, 0.717) is 0 Å². The predicted octanol–water partition coefficient (Wildman–Crippen LogP) is 0.651. The fraction of sp³-hybridized carbons (Fsp3) is 0.333. The molecule has 0 aliphatic heterocycles. The Kier molecular flexibility index (Phi) is 10.0. The summed E-state index contributed by atoms with van der Waals surface area (Å²) in [5, 5.41) is 7.31. The van der Waals surface area contributed by atoms with Gasteiger partial charge in [-0.1, -0.05) is 88.4 Å². The molecule has 0 N–H and O–H groups in total. The monoisotopic (exact) mass is 572 g/mol. The molecule has 0 unspecified atom stereocenters. The minimum Gasteiger partial charge on any atom is -0.394 e. The third-order valence-electron chi connectivity index (χ3n) is 7.64. The van der Waals surface area contributed by atoms with Crippen molar-refractivity contribution in [2.75, 3.05) is 42.7 Å². The molecule has 6 nitrogen and oxygen atoms in total. The summed E-state index contributed by atoms with van der Waals surface area (Å²) in [6, 6.07) is 26.4. The van der Waals surface area contributed by atoms with E-state index in [0.717, 1.165) is 15.6 Å². The molecule has 3 aromatic rings. The lowest BCUT2D eigenvalue weighted by Gasteiger charge is -2.26. The quantitative estimate of drug-likeness (QED) is 0.235. The Labute approximate surface area is 226 Å². The van der Waals surface area contributed by atoms with Crippen LogP contribution in [0.25, 0.3) is 0 Å². The molecule has 3 rings (SSSR count). The number of rotatable bonds is 12. The summed E-state index contributed by atoms with van der Waals surface area (Å²) in [5.41, 5.74) is 0. The molecule has 0 saturated heterocycles. The number of hydrogen-bond acceptors (Lipinski definition) is 6. The Hall–Kier alpha value is -1.71. The first-order valence-electron chi connectivity index (χ1n) is 12.3. The smallest absolute Gasteiger partial charge is 0.368 e. The molecule has 0 atom stereocenters. The summed E-state index contributed by atoms with van der Waals surface area (Å²) in [6.07, 6.45) is 0. The molecule has 37 heavy (non-hydrogen) atoms. The van der Waals surface area contributed by atoms with E-state index in [9.17, 15) is 0 Å². The van der Waals surface area contributed by atoms with E-state index in [1.54, 1.807) is 42.7 Å². The Morgan fingerprint density at radius 1 is 0.378 bits per heavy atom. The lowest BCUT2D eigenvalue weighted by atomic mass is 10.3. The Morgan fingerprint density at radius 2 is 0.568 bits per heavy atom. The molecule has 0 heterocycles. The zero-order valence-corrected chi connectivity index (χ0v) is 27.6. The van der Waals surface area contributed by atoms with E-state index >= 15 is 0 Å². The zero-order valence-electron chi connectivity index (χ0n) is 23.5. The van der Waals surface area contributed by atoms with Gasteiger partial charge in [-0.25, -0.2) is 0 Å². The van der Waals surface area contributed by atoms with Crippen LogP contribution in [-0.4, -0.2) is 77.1 Å². The second kappa shape index (κ2) is 12.4. The van der Waals surface area contributed by atoms with Gasteiger partial charge in [0.25, 0.3) is 0 Å². The van der Waals surface area contributed by atoms with Gasteiger partial charge in [-0.15, -0.1) is 0 Å². The topological polar surface area (TPSA) is 55.4 Å². The second-order valence-corrected chi connectivity index (χ2v) is 22.1. The molecule has 0 bridgehead atoms. The van der Waals surface area contributed by atoms with Crippen LogP contribution in [0.5, 0.6) is 0 Å². The molecule has 0 aromatic heterocycles. The van der Waals surface area contributed by atoms with E-state index in [2.05, 4.69) is 92.4 Å². The third kappa shape index (κ3) is 6.14. The Bertz CT molecular complexity index is 981. The Balaban J connectivity index is 2.09. The molecule has 0 aliphatic carbocycles. The van der Waals surface area contributed by atoms with E-state index in [4.69, 9.17) is 26.6 Å². The molecule has 0 saturated carbocycles. The standard InChI is InChI=1S/C27H40O6Si4/c1-28-35(7,29-2)25-16-10-22(11-17-25)34(23-12-18-26(19-13-23)36(8,30-3)31-4)24-14-20-27(21-15-24)37(9,32-5)33-6/h10-21,34H,1-9H3. The zero-order chi connectivity index (χ0) is 27.3. The average molecular weight is 573 g/mol. The molecule has 0 amide bonds. The van der Waals surface area contributed by atoms with Crippen molar-refractivity contribution in [2.24, 2.45) is 0 Å². The minimum absolute atomic E-state index is 1.11. The van der Waals surface area contributed by atoms with Crippen LogP contribution in [0.1, 0.15) is 0 Å². The van der Waals surface area contributed by atoms with E-state index in [1.165, 1.54) is 15.6 Å². The highest BCUT2D eigenvalue weighted by atomic mass is 28.4. The summed E-state index contributed by atoms with van der Waals surface area (Å²) in [4.78, 5) is 0. The van der Waals surface area contributed by atoms with E-state index < -0.39 is 34.5 Å². The van der Waals surface area contributed by atoms with Crippen LogP contribution in [-0.2, 0) is 26.6 Å². The molecular formula is C27H40O6Si4. The van der Waals surface area contributed by atoms with Crippen molar-refractivity contribution in [3.63, 3.8) is 0 Å². The summed E-state index contributed by atoms with van der Waals surface area (Å²) in [6.45, 7) is 6.19. The van der Waals surface area contributed by atoms with Gasteiger partial charge in [-0.3, -0.25) is 0 Å². The fourth-order valence-corrected chi connectivity index (χ4v) is 11.6. The number of hydrogen-bond donors (Lipinski definition) is 0. The van der Waals surface area contributed by atoms with Gasteiger partial charge >= 0.3 is 25.7 Å². The summed E-state index contributed by atoms with van der Waals surface area (Å²) >= 11 is 0. The van der Waals surface area contributed by atoms with Gasteiger partial charge in [0.15, 0.2) is 0 Å². The van der Waals surface area contributed by atoms with Gasteiger partial charge in [0, 0.05) is 42.7 Å². The highest BCUT2D eigenvalue weighted by Crippen LogP contribution is 2.08. The van der Waals surface area contributed by atoms with Crippen LogP contribution in [0.3, 0.4) is 0 Å². The molecule has 200 valence electrons. The first-order valence-corrected chi connectivity index (χ1v) is 20.9. The highest BCUT2D eigenvalue weighted by Gasteiger charge is 2.34. The fourth-order valence-electron chi connectivity index (χ4n) is 4.47.